The van der Waals surface area contributed by atoms with E-state index in [2.05, 4.69) is 16.0 Å². The predicted octanol–water partition coefficient (Wildman–Crippen LogP) is 0.729. The molecule has 38 heavy (non-hydrogen) atoms. The van der Waals surface area contributed by atoms with E-state index < -0.39 is 47.9 Å². The molecule has 0 aliphatic rings. The van der Waals surface area contributed by atoms with Gasteiger partial charge in [-0.05, 0) is 67.9 Å². The molecule has 4 atom stereocenters. The average Bonchev–Trinajstić information content (AvgIpc) is 2.86. The summed E-state index contributed by atoms with van der Waals surface area (Å²) in [6.45, 7) is 4.19. The summed E-state index contributed by atoms with van der Waals surface area (Å²) in [6.07, 6.45) is 4.25. The van der Waals surface area contributed by atoms with E-state index in [1.807, 2.05) is 20.1 Å². The summed E-state index contributed by atoms with van der Waals surface area (Å²) in [4.78, 5) is 50.8. The van der Waals surface area contributed by atoms with Gasteiger partial charge in [0.15, 0.2) is 0 Å². The van der Waals surface area contributed by atoms with E-state index in [9.17, 15) is 29.4 Å². The van der Waals surface area contributed by atoms with E-state index in [4.69, 9.17) is 11.5 Å². The Kier molecular flexibility index (Phi) is 15.4. The number of aromatic hydroxyl groups is 1. The number of phenolic OH excluding ortho intramolecular Hbond substituents is 1. The maximum absolute atomic E-state index is 13.4. The van der Waals surface area contributed by atoms with Gasteiger partial charge in [-0.2, -0.15) is 11.8 Å². The molecule has 11 nitrogen and oxygen atoms in total. The molecule has 0 saturated heterocycles. The Morgan fingerprint density at radius 1 is 0.895 bits per heavy atom. The monoisotopic (exact) mass is 553 g/mol. The average molecular weight is 554 g/mol. The second-order valence-electron chi connectivity index (χ2n) is 9.69. The van der Waals surface area contributed by atoms with Crippen molar-refractivity contribution in [3.63, 3.8) is 0 Å². The number of benzene rings is 1. The van der Waals surface area contributed by atoms with Crippen LogP contribution in [0.2, 0.25) is 0 Å². The van der Waals surface area contributed by atoms with E-state index in [1.165, 1.54) is 23.9 Å². The molecule has 9 N–H and O–H groups in total. The Balaban J connectivity index is 3.08. The van der Waals surface area contributed by atoms with E-state index in [0.717, 1.165) is 6.42 Å². The zero-order valence-electron chi connectivity index (χ0n) is 22.4. The first kappa shape index (κ1) is 33.2. The standard InChI is InChI=1S/C26H43N5O6S/c1-16(2)14-22(26(36)37)31-24(34)20(11-13-38-3)29-25(35)21(15-17-7-9-18(32)10-8-17)30-23(33)19(28)6-4-5-12-27/h7-10,16,19-22,32H,4-6,11-15,27-28H2,1-3H3,(H,29,35)(H,30,33)(H,31,34)(H,36,37). The number of hydrogen-bond donors (Lipinski definition) is 7. The summed E-state index contributed by atoms with van der Waals surface area (Å²) in [7, 11) is 0. The number of nitrogens with one attached hydrogen (secondary N) is 3. The fourth-order valence-corrected chi connectivity index (χ4v) is 4.21. The molecule has 0 heterocycles. The number of carboxylic acids is 1. The van der Waals surface area contributed by atoms with Crippen molar-refractivity contribution in [2.75, 3.05) is 18.6 Å². The summed E-state index contributed by atoms with van der Waals surface area (Å²) in [5, 5.41) is 27.0. The van der Waals surface area contributed by atoms with Gasteiger partial charge in [0.05, 0.1) is 6.04 Å². The summed E-state index contributed by atoms with van der Waals surface area (Å²) < 4.78 is 0. The molecule has 0 saturated carbocycles. The van der Waals surface area contributed by atoms with E-state index in [1.54, 1.807) is 12.1 Å². The molecule has 1 aromatic rings. The summed E-state index contributed by atoms with van der Waals surface area (Å²) in [6, 6.07) is 2.23. The lowest BCUT2D eigenvalue weighted by molar-refractivity contribution is -0.142. The van der Waals surface area contributed by atoms with Gasteiger partial charge in [-0.15, -0.1) is 0 Å². The highest BCUT2D eigenvalue weighted by molar-refractivity contribution is 7.98. The number of carbonyl (C=O) groups excluding carboxylic acids is 3. The lowest BCUT2D eigenvalue weighted by Gasteiger charge is -2.25. The highest BCUT2D eigenvalue weighted by atomic mass is 32.2. The third kappa shape index (κ3) is 12.6. The van der Waals surface area contributed by atoms with Gasteiger partial charge < -0.3 is 37.6 Å². The zero-order valence-corrected chi connectivity index (χ0v) is 23.3. The van der Waals surface area contributed by atoms with Crippen molar-refractivity contribution in [3.05, 3.63) is 29.8 Å². The van der Waals surface area contributed by atoms with Gasteiger partial charge >= 0.3 is 5.97 Å². The van der Waals surface area contributed by atoms with Crippen LogP contribution in [-0.2, 0) is 25.6 Å². The minimum absolute atomic E-state index is 0.0367. The molecule has 12 heteroatoms. The van der Waals surface area contributed by atoms with Crippen LogP contribution < -0.4 is 27.4 Å². The highest BCUT2D eigenvalue weighted by Gasteiger charge is 2.30. The molecule has 0 spiro atoms. The van der Waals surface area contributed by atoms with Crippen LogP contribution in [0.3, 0.4) is 0 Å². The number of thioether (sulfide) groups is 1. The largest absolute Gasteiger partial charge is 0.508 e. The molecule has 214 valence electrons. The van der Waals surface area contributed by atoms with Crippen molar-refractivity contribution in [2.24, 2.45) is 17.4 Å². The van der Waals surface area contributed by atoms with Gasteiger partial charge in [0.2, 0.25) is 17.7 Å². The van der Waals surface area contributed by atoms with Crippen LogP contribution in [0.5, 0.6) is 5.75 Å². The smallest absolute Gasteiger partial charge is 0.326 e. The molecule has 1 aromatic carbocycles. The van der Waals surface area contributed by atoms with Gasteiger partial charge in [-0.3, -0.25) is 14.4 Å². The third-order valence-electron chi connectivity index (χ3n) is 5.88. The molecular weight excluding hydrogens is 510 g/mol. The van der Waals surface area contributed by atoms with Crippen molar-refractivity contribution < 1.29 is 29.4 Å². The fraction of sp³-hybridized carbons (Fsp3) is 0.615. The number of aliphatic carboxylic acids is 1. The number of unbranched alkanes of at least 4 members (excludes halogenated alkanes) is 1. The zero-order chi connectivity index (χ0) is 28.7. The number of carboxylic acid groups (broad SMARTS) is 1. The number of carbonyl (C=O) groups is 4. The van der Waals surface area contributed by atoms with E-state index in [0.29, 0.717) is 30.7 Å². The minimum Gasteiger partial charge on any atom is -0.508 e. The molecule has 1 rings (SSSR count). The quantitative estimate of drug-likeness (QED) is 0.128. The lowest BCUT2D eigenvalue weighted by atomic mass is 10.0. The second-order valence-corrected chi connectivity index (χ2v) is 10.7. The molecular formula is C26H43N5O6S. The maximum atomic E-state index is 13.4. The topological polar surface area (TPSA) is 197 Å². The first-order chi connectivity index (χ1) is 18.0. The van der Waals surface area contributed by atoms with Crippen LogP contribution in [0.1, 0.15) is 51.5 Å². The van der Waals surface area contributed by atoms with Crippen LogP contribution in [0, 0.1) is 5.92 Å². The molecule has 0 radical (unpaired) electrons. The van der Waals surface area contributed by atoms with Crippen LogP contribution in [0.15, 0.2) is 24.3 Å². The summed E-state index contributed by atoms with van der Waals surface area (Å²) >= 11 is 1.48. The van der Waals surface area contributed by atoms with Crippen LogP contribution in [0.4, 0.5) is 0 Å². The van der Waals surface area contributed by atoms with Crippen molar-refractivity contribution in [1.29, 1.82) is 0 Å². The van der Waals surface area contributed by atoms with Gasteiger partial charge in [0.25, 0.3) is 0 Å². The second kappa shape index (κ2) is 17.6. The maximum Gasteiger partial charge on any atom is 0.326 e. The number of nitrogens with two attached hydrogens (primary N) is 2. The first-order valence-electron chi connectivity index (χ1n) is 12.8. The molecule has 4 unspecified atom stereocenters. The van der Waals surface area contributed by atoms with Crippen molar-refractivity contribution in [2.45, 2.75) is 76.5 Å². The first-order valence-corrected chi connectivity index (χ1v) is 14.2. The third-order valence-corrected chi connectivity index (χ3v) is 6.52. The lowest BCUT2D eigenvalue weighted by Crippen LogP contribution is -2.57. The summed E-state index contributed by atoms with van der Waals surface area (Å²) in [5.41, 5.74) is 12.2. The van der Waals surface area contributed by atoms with Crippen molar-refractivity contribution >= 4 is 35.5 Å². The van der Waals surface area contributed by atoms with Gasteiger partial charge in [0, 0.05) is 6.42 Å². The molecule has 3 amide bonds. The van der Waals surface area contributed by atoms with E-state index in [-0.39, 0.29) is 30.9 Å². The molecule has 0 aliphatic heterocycles. The van der Waals surface area contributed by atoms with Crippen molar-refractivity contribution in [1.82, 2.24) is 16.0 Å². The van der Waals surface area contributed by atoms with E-state index >= 15 is 0 Å². The predicted molar refractivity (Wildman–Crippen MR) is 149 cm³/mol. The van der Waals surface area contributed by atoms with Gasteiger partial charge in [0.1, 0.15) is 23.9 Å². The van der Waals surface area contributed by atoms with Gasteiger partial charge in [-0.25, -0.2) is 4.79 Å². The normalized spacial score (nSPS) is 14.3. The Bertz CT molecular complexity index is 899. The fourth-order valence-electron chi connectivity index (χ4n) is 3.74. The SMILES string of the molecule is CSCCC(NC(=O)C(Cc1ccc(O)cc1)NC(=O)C(N)CCCCN)C(=O)NC(CC(C)C)C(=O)O. The van der Waals surface area contributed by atoms with Crippen LogP contribution in [-0.4, -0.2) is 76.6 Å². The molecule has 0 aromatic heterocycles. The Hall–Kier alpha value is -2.83. The number of amides is 3. The minimum atomic E-state index is -1.15. The highest BCUT2D eigenvalue weighted by Crippen LogP contribution is 2.13. The Labute approximate surface area is 228 Å². The van der Waals surface area contributed by atoms with Crippen LogP contribution in [0.25, 0.3) is 0 Å². The summed E-state index contributed by atoms with van der Waals surface area (Å²) in [5.74, 6) is -2.22. The van der Waals surface area contributed by atoms with Gasteiger partial charge in [-0.1, -0.05) is 32.4 Å². The number of phenols is 1. The number of hydrogen-bond acceptors (Lipinski definition) is 8. The molecule has 0 fully saturated rings. The molecule has 0 bridgehead atoms. The van der Waals surface area contributed by atoms with Crippen molar-refractivity contribution in [3.8, 4) is 5.75 Å². The number of rotatable bonds is 18. The Morgan fingerprint density at radius 3 is 2.03 bits per heavy atom. The van der Waals surface area contributed by atoms with Crippen LogP contribution >= 0.6 is 11.8 Å². The molecule has 0 aliphatic carbocycles. The Morgan fingerprint density at radius 2 is 1.47 bits per heavy atom.